The summed E-state index contributed by atoms with van der Waals surface area (Å²) in [5, 5.41) is 0. The number of hydrogen-bond acceptors (Lipinski definition) is 3. The lowest BCUT2D eigenvalue weighted by atomic mass is 9.79. The van der Waals surface area contributed by atoms with Gasteiger partial charge in [-0.05, 0) is 48.1 Å². The topological polar surface area (TPSA) is 46.3 Å². The number of thiophene rings is 1. The molecule has 3 nitrogen and oxygen atoms in total. The Kier molecular flexibility index (Phi) is 5.92. The number of carbonyl (C=O) groups excluding carboxylic acids is 1. The molecule has 3 rings (SSSR count). The molecule has 1 amide bonds. The molecule has 0 aliphatic carbocycles. The SMILES string of the molecule is Cc1sc(C(=O)N2CCC(N)C(C)(C)C2)cc1-c1ccc(F)cc1.Cl. The van der Waals surface area contributed by atoms with Crippen LogP contribution in [0.3, 0.4) is 0 Å². The van der Waals surface area contributed by atoms with Crippen LogP contribution in [0.15, 0.2) is 30.3 Å². The number of carbonyl (C=O) groups is 1. The zero-order chi connectivity index (χ0) is 17.5. The van der Waals surface area contributed by atoms with E-state index in [0.29, 0.717) is 13.1 Å². The molecule has 1 aromatic carbocycles. The maximum atomic E-state index is 13.1. The molecular formula is C19H24ClFN2OS. The second kappa shape index (κ2) is 7.44. The minimum Gasteiger partial charge on any atom is -0.337 e. The van der Waals surface area contributed by atoms with Gasteiger partial charge in [-0.25, -0.2) is 4.39 Å². The van der Waals surface area contributed by atoms with Gasteiger partial charge in [0.15, 0.2) is 0 Å². The molecule has 1 saturated heterocycles. The van der Waals surface area contributed by atoms with Crippen LogP contribution in [-0.4, -0.2) is 29.9 Å². The smallest absolute Gasteiger partial charge is 0.263 e. The number of nitrogens with two attached hydrogens (primary N) is 1. The molecular weight excluding hydrogens is 359 g/mol. The van der Waals surface area contributed by atoms with Crippen molar-refractivity contribution in [3.8, 4) is 11.1 Å². The summed E-state index contributed by atoms with van der Waals surface area (Å²) in [7, 11) is 0. The number of halogens is 2. The molecule has 136 valence electrons. The van der Waals surface area contributed by atoms with Crippen molar-refractivity contribution >= 4 is 29.7 Å². The van der Waals surface area contributed by atoms with E-state index in [4.69, 9.17) is 5.73 Å². The summed E-state index contributed by atoms with van der Waals surface area (Å²) in [4.78, 5) is 16.6. The molecule has 25 heavy (non-hydrogen) atoms. The van der Waals surface area contributed by atoms with E-state index in [1.807, 2.05) is 17.9 Å². The first-order valence-electron chi connectivity index (χ1n) is 8.19. The van der Waals surface area contributed by atoms with Crippen molar-refractivity contribution < 1.29 is 9.18 Å². The quantitative estimate of drug-likeness (QED) is 0.832. The zero-order valence-corrected chi connectivity index (χ0v) is 16.3. The van der Waals surface area contributed by atoms with Crippen LogP contribution in [-0.2, 0) is 0 Å². The Balaban J connectivity index is 0.00000225. The first kappa shape index (κ1) is 19.9. The minimum atomic E-state index is -0.255. The van der Waals surface area contributed by atoms with E-state index in [1.165, 1.54) is 23.5 Å². The van der Waals surface area contributed by atoms with Crippen molar-refractivity contribution in [1.29, 1.82) is 0 Å². The van der Waals surface area contributed by atoms with E-state index in [2.05, 4.69) is 13.8 Å². The monoisotopic (exact) mass is 382 g/mol. The van der Waals surface area contributed by atoms with E-state index >= 15 is 0 Å². The van der Waals surface area contributed by atoms with Crippen molar-refractivity contribution in [2.45, 2.75) is 33.2 Å². The fourth-order valence-corrected chi connectivity index (χ4v) is 4.22. The molecule has 1 atom stereocenters. The summed E-state index contributed by atoms with van der Waals surface area (Å²) in [5.41, 5.74) is 8.03. The normalized spacial score (nSPS) is 19.4. The van der Waals surface area contributed by atoms with E-state index in [9.17, 15) is 9.18 Å². The summed E-state index contributed by atoms with van der Waals surface area (Å²) in [6, 6.07) is 8.45. The van der Waals surface area contributed by atoms with Crippen LogP contribution in [0.2, 0.25) is 0 Å². The van der Waals surface area contributed by atoms with Crippen molar-refractivity contribution in [3.05, 3.63) is 45.9 Å². The summed E-state index contributed by atoms with van der Waals surface area (Å²) in [6.07, 6.45) is 0.827. The minimum absolute atomic E-state index is 0. The Morgan fingerprint density at radius 2 is 1.96 bits per heavy atom. The van der Waals surface area contributed by atoms with Gasteiger partial charge in [-0.1, -0.05) is 26.0 Å². The Morgan fingerprint density at radius 1 is 1.32 bits per heavy atom. The maximum Gasteiger partial charge on any atom is 0.263 e. The predicted octanol–water partition coefficient (Wildman–Crippen LogP) is 4.48. The highest BCUT2D eigenvalue weighted by Crippen LogP contribution is 2.34. The Labute approximate surface area is 158 Å². The molecule has 2 heterocycles. The number of aryl methyl sites for hydroxylation is 1. The van der Waals surface area contributed by atoms with Crippen LogP contribution in [0.4, 0.5) is 4.39 Å². The highest BCUT2D eigenvalue weighted by molar-refractivity contribution is 7.14. The summed E-state index contributed by atoms with van der Waals surface area (Å²) >= 11 is 1.50. The first-order chi connectivity index (χ1) is 11.3. The molecule has 0 radical (unpaired) electrons. The van der Waals surface area contributed by atoms with Gasteiger partial charge in [-0.15, -0.1) is 23.7 Å². The number of hydrogen-bond donors (Lipinski definition) is 1. The maximum absolute atomic E-state index is 13.1. The van der Waals surface area contributed by atoms with Crippen molar-refractivity contribution in [2.75, 3.05) is 13.1 Å². The summed E-state index contributed by atoms with van der Waals surface area (Å²) < 4.78 is 13.1. The van der Waals surface area contributed by atoms with Gasteiger partial charge in [-0.2, -0.15) is 0 Å². The van der Waals surface area contributed by atoms with Crippen LogP contribution in [0, 0.1) is 18.2 Å². The second-order valence-corrected chi connectivity index (χ2v) is 8.45. The lowest BCUT2D eigenvalue weighted by Gasteiger charge is -2.42. The average molecular weight is 383 g/mol. The van der Waals surface area contributed by atoms with Crippen LogP contribution in [0.1, 0.15) is 34.8 Å². The van der Waals surface area contributed by atoms with Gasteiger partial charge in [0.05, 0.1) is 4.88 Å². The lowest BCUT2D eigenvalue weighted by molar-refractivity contribution is 0.0537. The molecule has 1 aliphatic rings. The third-order valence-electron chi connectivity index (χ3n) is 4.88. The van der Waals surface area contributed by atoms with E-state index < -0.39 is 0 Å². The third-order valence-corrected chi connectivity index (χ3v) is 5.92. The Hall–Kier alpha value is -1.43. The highest BCUT2D eigenvalue weighted by atomic mass is 35.5. The van der Waals surface area contributed by atoms with Crippen molar-refractivity contribution in [1.82, 2.24) is 4.90 Å². The molecule has 1 aliphatic heterocycles. The molecule has 2 aromatic rings. The third kappa shape index (κ3) is 4.05. The fourth-order valence-electron chi connectivity index (χ4n) is 3.21. The van der Waals surface area contributed by atoms with E-state index in [1.54, 1.807) is 12.1 Å². The number of benzene rings is 1. The number of piperidine rings is 1. The van der Waals surface area contributed by atoms with E-state index in [0.717, 1.165) is 27.3 Å². The summed E-state index contributed by atoms with van der Waals surface area (Å²) in [6.45, 7) is 7.60. The Morgan fingerprint density at radius 3 is 2.56 bits per heavy atom. The van der Waals surface area contributed by atoms with Gasteiger partial charge in [0, 0.05) is 24.0 Å². The first-order valence-corrected chi connectivity index (χ1v) is 9.01. The fraction of sp³-hybridized carbons (Fsp3) is 0.421. The standard InChI is InChI=1S/C19H23FN2OS.ClH/c1-12-15(13-4-6-14(20)7-5-13)10-16(24-12)18(23)22-9-8-17(21)19(2,3)11-22;/h4-7,10,17H,8-9,11,21H2,1-3H3;1H. The molecule has 6 heteroatoms. The molecule has 0 bridgehead atoms. The lowest BCUT2D eigenvalue weighted by Crippen LogP contribution is -2.53. The average Bonchev–Trinajstić information content (AvgIpc) is 2.92. The molecule has 0 saturated carbocycles. The highest BCUT2D eigenvalue weighted by Gasteiger charge is 2.36. The number of rotatable bonds is 2. The largest absolute Gasteiger partial charge is 0.337 e. The summed E-state index contributed by atoms with van der Waals surface area (Å²) in [5.74, 6) is -0.189. The predicted molar refractivity (Wildman–Crippen MR) is 104 cm³/mol. The number of amides is 1. The van der Waals surface area contributed by atoms with Crippen molar-refractivity contribution in [2.24, 2.45) is 11.1 Å². The Bertz CT molecular complexity index is 757. The van der Waals surface area contributed by atoms with Crippen molar-refractivity contribution in [3.63, 3.8) is 0 Å². The van der Waals surface area contributed by atoms with Gasteiger partial charge < -0.3 is 10.6 Å². The number of likely N-dealkylation sites (tertiary alicyclic amines) is 1. The molecule has 1 unspecified atom stereocenters. The van der Waals surface area contributed by atoms with Crippen LogP contribution in [0.25, 0.3) is 11.1 Å². The molecule has 1 fully saturated rings. The van der Waals surface area contributed by atoms with Gasteiger partial charge in [-0.3, -0.25) is 4.79 Å². The second-order valence-electron chi connectivity index (χ2n) is 7.20. The van der Waals surface area contributed by atoms with Gasteiger partial charge >= 0.3 is 0 Å². The molecule has 1 aromatic heterocycles. The van der Waals surface area contributed by atoms with Crippen LogP contribution < -0.4 is 5.73 Å². The zero-order valence-electron chi connectivity index (χ0n) is 14.7. The van der Waals surface area contributed by atoms with Gasteiger partial charge in [0.1, 0.15) is 5.82 Å². The number of nitrogens with zero attached hydrogens (tertiary/aromatic N) is 1. The van der Waals surface area contributed by atoms with Crippen LogP contribution >= 0.6 is 23.7 Å². The van der Waals surface area contributed by atoms with Crippen LogP contribution in [0.5, 0.6) is 0 Å². The van der Waals surface area contributed by atoms with E-state index in [-0.39, 0.29) is 35.6 Å². The molecule has 2 N–H and O–H groups in total. The van der Waals surface area contributed by atoms with Gasteiger partial charge in [0.2, 0.25) is 0 Å². The van der Waals surface area contributed by atoms with Gasteiger partial charge in [0.25, 0.3) is 5.91 Å². The molecule has 0 spiro atoms.